The van der Waals surface area contributed by atoms with Crippen molar-refractivity contribution in [3.05, 3.63) is 58.6 Å². The van der Waals surface area contributed by atoms with Crippen LogP contribution in [0, 0.1) is 24.2 Å². The van der Waals surface area contributed by atoms with Gasteiger partial charge in [0, 0.05) is 18.8 Å². The lowest BCUT2D eigenvalue weighted by Gasteiger charge is -2.61. The van der Waals surface area contributed by atoms with E-state index in [-0.39, 0.29) is 40.1 Å². The predicted octanol–water partition coefficient (Wildman–Crippen LogP) is 4.69. The third kappa shape index (κ3) is 5.06. The number of carbonyl (C=O) groups excluding carboxylic acids is 2. The molecule has 7 rings (SSSR count). The maximum absolute atomic E-state index is 13.6. The number of sulfonamides is 1. The molecule has 2 atom stereocenters. The molecule has 1 amide bonds. The molecule has 5 fully saturated rings. The molecule has 8 nitrogen and oxygen atoms in total. The number of halogens is 1. The van der Waals surface area contributed by atoms with Crippen molar-refractivity contribution < 1.29 is 27.5 Å². The fourth-order valence-corrected chi connectivity index (χ4v) is 9.84. The minimum Gasteiger partial charge on any atom is -0.455 e. The number of morpholine rings is 1. The van der Waals surface area contributed by atoms with Gasteiger partial charge in [0.2, 0.25) is 10.0 Å². The third-order valence-electron chi connectivity index (χ3n) is 9.30. The number of aryl methyl sites for hydroxylation is 1. The largest absolute Gasteiger partial charge is 0.455 e. The quantitative estimate of drug-likeness (QED) is 0.472. The summed E-state index contributed by atoms with van der Waals surface area (Å²) in [5.41, 5.74) is 2.23. The molecule has 40 heavy (non-hydrogen) atoms. The maximum Gasteiger partial charge on any atom is 0.312 e. The van der Waals surface area contributed by atoms with Gasteiger partial charge in [-0.25, -0.2) is 8.42 Å². The normalized spacial score (nSPS) is 29.8. The number of hydrogen-bond acceptors (Lipinski definition) is 6. The number of amides is 1. The number of ether oxygens (including phenoxy) is 2. The molecule has 0 aromatic heterocycles. The van der Waals surface area contributed by atoms with Crippen molar-refractivity contribution in [2.24, 2.45) is 17.3 Å². The van der Waals surface area contributed by atoms with E-state index < -0.39 is 28.0 Å². The second-order valence-corrected chi connectivity index (χ2v) is 14.5. The summed E-state index contributed by atoms with van der Waals surface area (Å²) in [4.78, 5) is 26.3. The highest BCUT2D eigenvalue weighted by molar-refractivity contribution is 7.89. The first kappa shape index (κ1) is 27.7. The highest BCUT2D eigenvalue weighted by Crippen LogP contribution is 2.66. The molecule has 0 radical (unpaired) electrons. The molecule has 10 heteroatoms. The van der Waals surface area contributed by atoms with Crippen LogP contribution < -0.4 is 5.32 Å². The van der Waals surface area contributed by atoms with E-state index in [1.165, 1.54) is 33.6 Å². The smallest absolute Gasteiger partial charge is 0.312 e. The van der Waals surface area contributed by atoms with Gasteiger partial charge in [-0.3, -0.25) is 9.59 Å². The van der Waals surface area contributed by atoms with Gasteiger partial charge in [0.25, 0.3) is 5.91 Å². The molecule has 214 valence electrons. The third-order valence-corrected chi connectivity index (χ3v) is 11.7. The van der Waals surface area contributed by atoms with Gasteiger partial charge in [0.05, 0.1) is 23.7 Å². The molecule has 2 aromatic rings. The molecule has 1 aliphatic heterocycles. The van der Waals surface area contributed by atoms with E-state index >= 15 is 0 Å². The number of carbonyl (C=O) groups is 2. The van der Waals surface area contributed by atoms with Crippen LogP contribution in [0.1, 0.15) is 49.7 Å². The first-order chi connectivity index (χ1) is 19.1. The van der Waals surface area contributed by atoms with Crippen molar-refractivity contribution in [2.75, 3.05) is 38.2 Å². The van der Waals surface area contributed by atoms with Gasteiger partial charge in [-0.15, -0.1) is 0 Å². The van der Waals surface area contributed by atoms with Gasteiger partial charge in [0.1, 0.15) is 4.90 Å². The summed E-state index contributed by atoms with van der Waals surface area (Å²) in [6.07, 6.45) is 5.77. The fourth-order valence-electron chi connectivity index (χ4n) is 7.93. The van der Waals surface area contributed by atoms with E-state index in [9.17, 15) is 18.0 Å². The van der Waals surface area contributed by atoms with Crippen LogP contribution in [0.25, 0.3) is 0 Å². The number of benzene rings is 2. The number of rotatable bonds is 7. The summed E-state index contributed by atoms with van der Waals surface area (Å²) in [6, 6.07) is 13.1. The van der Waals surface area contributed by atoms with Gasteiger partial charge >= 0.3 is 5.97 Å². The predicted molar refractivity (Wildman–Crippen MR) is 151 cm³/mol. The number of esters is 1. The minimum absolute atomic E-state index is 0.00918. The Morgan fingerprint density at radius 2 is 1.73 bits per heavy atom. The first-order valence-electron chi connectivity index (χ1n) is 14.0. The average Bonchev–Trinajstić information content (AvgIpc) is 2.92. The molecule has 4 bridgehead atoms. The Kier molecular flexibility index (Phi) is 7.22. The van der Waals surface area contributed by atoms with Crippen LogP contribution in [-0.4, -0.2) is 57.5 Å². The van der Waals surface area contributed by atoms with E-state index in [2.05, 4.69) is 36.5 Å². The van der Waals surface area contributed by atoms with Crippen LogP contribution in [-0.2, 0) is 34.5 Å². The number of nitrogens with zero attached hydrogens (tertiary/aromatic N) is 1. The maximum atomic E-state index is 13.6. The van der Waals surface area contributed by atoms with Gasteiger partial charge in [0.15, 0.2) is 6.61 Å². The second-order valence-electron chi connectivity index (χ2n) is 12.2. The highest BCUT2D eigenvalue weighted by Gasteiger charge is 2.61. The van der Waals surface area contributed by atoms with Crippen molar-refractivity contribution in [2.45, 2.75) is 55.8 Å². The summed E-state index contributed by atoms with van der Waals surface area (Å²) >= 11 is 6.23. The lowest BCUT2D eigenvalue weighted by Crippen LogP contribution is -2.57. The standard InChI is InChI=1S/C30H35ClN2O6S/c1-20-2-4-23(5-3-20)29-14-21-12-22(15-29)17-30(16-21,19-29)28(35)39-18-27(34)32-24-6-7-25(31)26(13-24)40(36,37)33-8-10-38-11-9-33/h2-7,13,21-22H,8-12,14-19H2,1H3,(H,32,34). The Balaban J connectivity index is 1.13. The van der Waals surface area contributed by atoms with Gasteiger partial charge < -0.3 is 14.8 Å². The number of hydrogen-bond donors (Lipinski definition) is 1. The van der Waals surface area contributed by atoms with Crippen molar-refractivity contribution in [3.8, 4) is 0 Å². The van der Waals surface area contributed by atoms with E-state index in [1.54, 1.807) is 0 Å². The van der Waals surface area contributed by atoms with Crippen LogP contribution in [0.15, 0.2) is 47.4 Å². The van der Waals surface area contributed by atoms with Gasteiger partial charge in [-0.1, -0.05) is 41.4 Å². The zero-order valence-electron chi connectivity index (χ0n) is 22.7. The topological polar surface area (TPSA) is 102 Å². The Hall–Kier alpha value is -2.46. The van der Waals surface area contributed by atoms with Crippen molar-refractivity contribution in [1.82, 2.24) is 4.31 Å². The molecule has 1 heterocycles. The average molecular weight is 587 g/mol. The number of anilines is 1. The Bertz CT molecular complexity index is 1410. The molecular formula is C30H35ClN2O6S. The molecule has 0 spiro atoms. The summed E-state index contributed by atoms with van der Waals surface area (Å²) in [5, 5.41) is 2.74. The molecule has 4 saturated carbocycles. The summed E-state index contributed by atoms with van der Waals surface area (Å²) in [7, 11) is -3.85. The summed E-state index contributed by atoms with van der Waals surface area (Å²) < 4.78 is 38.5. The molecule has 1 N–H and O–H groups in total. The van der Waals surface area contributed by atoms with E-state index in [0.29, 0.717) is 25.0 Å². The SMILES string of the molecule is Cc1ccc(C23CC4CC(CC(C(=O)OCC(=O)Nc5ccc(Cl)c(S(=O)(=O)N6CCOCC6)c5)(C4)C2)C3)cc1. The monoisotopic (exact) mass is 586 g/mol. The molecular weight excluding hydrogens is 552 g/mol. The van der Waals surface area contributed by atoms with Crippen LogP contribution in [0.5, 0.6) is 0 Å². The van der Waals surface area contributed by atoms with Crippen LogP contribution in [0.4, 0.5) is 5.69 Å². The molecule has 1 saturated heterocycles. The van der Waals surface area contributed by atoms with Crippen LogP contribution >= 0.6 is 11.6 Å². The zero-order valence-corrected chi connectivity index (χ0v) is 24.2. The first-order valence-corrected chi connectivity index (χ1v) is 15.8. The van der Waals surface area contributed by atoms with E-state index in [0.717, 1.165) is 38.5 Å². The molecule has 2 aromatic carbocycles. The Labute approximate surface area is 240 Å². The van der Waals surface area contributed by atoms with Gasteiger partial charge in [-0.05, 0) is 86.5 Å². The fraction of sp³-hybridized carbons (Fsp3) is 0.533. The molecule has 5 aliphatic rings. The van der Waals surface area contributed by atoms with Crippen molar-refractivity contribution in [3.63, 3.8) is 0 Å². The Morgan fingerprint density at radius 3 is 2.40 bits per heavy atom. The molecule has 2 unspecified atom stereocenters. The second kappa shape index (κ2) is 10.4. The van der Waals surface area contributed by atoms with Crippen LogP contribution in [0.3, 0.4) is 0 Å². The van der Waals surface area contributed by atoms with Gasteiger partial charge in [-0.2, -0.15) is 4.31 Å². The summed E-state index contributed by atoms with van der Waals surface area (Å²) in [5.74, 6) is 0.165. The lowest BCUT2D eigenvalue weighted by atomic mass is 9.43. The summed E-state index contributed by atoms with van der Waals surface area (Å²) in [6.45, 7) is 2.75. The zero-order chi connectivity index (χ0) is 28.1. The minimum atomic E-state index is -3.85. The van der Waals surface area contributed by atoms with E-state index in [4.69, 9.17) is 21.1 Å². The molecule has 4 aliphatic carbocycles. The van der Waals surface area contributed by atoms with Crippen LogP contribution in [0.2, 0.25) is 5.02 Å². The lowest BCUT2D eigenvalue weighted by molar-refractivity contribution is -0.175. The van der Waals surface area contributed by atoms with E-state index in [1.807, 2.05) is 0 Å². The number of nitrogens with one attached hydrogen (secondary N) is 1. The van der Waals surface area contributed by atoms with Crippen molar-refractivity contribution >= 4 is 39.2 Å². The van der Waals surface area contributed by atoms with Crippen molar-refractivity contribution in [1.29, 1.82) is 0 Å². The highest BCUT2D eigenvalue weighted by atomic mass is 35.5. The Morgan fingerprint density at radius 1 is 1.05 bits per heavy atom.